The number of anilines is 2. The first-order chi connectivity index (χ1) is 34.7. The molecule has 3 saturated heterocycles. The molecule has 3 aromatic heterocycles. The van der Waals surface area contributed by atoms with Gasteiger partial charge in [-0.05, 0) is 67.6 Å². The lowest BCUT2D eigenvalue weighted by molar-refractivity contribution is -0.143. The van der Waals surface area contributed by atoms with Gasteiger partial charge in [0, 0.05) is 25.5 Å². The normalized spacial score (nSPS) is 26.4. The summed E-state index contributed by atoms with van der Waals surface area (Å²) in [4.78, 5) is 50.7. The van der Waals surface area contributed by atoms with Gasteiger partial charge in [0.1, 0.15) is 60.6 Å². The lowest BCUT2D eigenvalue weighted by Crippen LogP contribution is -2.31. The molecule has 0 aliphatic carbocycles. The summed E-state index contributed by atoms with van der Waals surface area (Å²) in [7, 11) is -10.00. The molecule has 11 rings (SSSR count). The fraction of sp³-hybridized carbons (Fsp3) is 0.383. The molecule has 8 aromatic rings. The Labute approximate surface area is 408 Å². The van der Waals surface area contributed by atoms with E-state index in [0.717, 1.165) is 4.57 Å². The average Bonchev–Trinajstić information content (AvgIpc) is 4.16. The maximum Gasteiger partial charge on any atom is 0.472 e. The largest absolute Gasteiger partial charge is 0.472 e. The minimum Gasteiger partial charge on any atom is -0.394 e. The van der Waals surface area contributed by atoms with Crippen molar-refractivity contribution in [3.63, 3.8) is 0 Å². The summed E-state index contributed by atoms with van der Waals surface area (Å²) < 4.78 is 75.1. The molecule has 0 bridgehead atoms. The van der Waals surface area contributed by atoms with Crippen molar-refractivity contribution in [2.24, 2.45) is 0 Å². The van der Waals surface area contributed by atoms with Crippen molar-refractivity contribution >= 4 is 81.5 Å². The molecule has 0 spiro atoms. The number of nitrogen functional groups attached to an aromatic ring is 2. The summed E-state index contributed by atoms with van der Waals surface area (Å²) in [5.41, 5.74) is 12.6. The van der Waals surface area contributed by atoms with Crippen molar-refractivity contribution in [2.45, 2.75) is 87.5 Å². The topological polar surface area (TPSA) is 319 Å². The number of fused-ring (bicyclic) bond motifs is 3. The van der Waals surface area contributed by atoms with E-state index >= 15 is 0 Å². The molecule has 4 unspecified atom stereocenters. The predicted octanol–water partition coefficient (Wildman–Crippen LogP) is 5.00. The standard InChI is InChI=1S/C47H50N8O15P2/c48-38-14-15-54(47(58)53-38)40-18-33(69-71(59,60)64-21-36-32(57)17-39(66-36)55-24-52-44-45(49)50-23-51-46(44)55)37(67-40)22-65-72(61,62)70-34-19-41(68-35(34)20-56)63-16-4-7-25-12-13-31-29-10-2-6-26-5-1-9-28(42(26)29)30-11-3-8-27(25)43(30)31/h1-3,5-6,8-15,23-24,32-37,39-41,56-57H,4,7,16-22H2,(H,59,60)(H,61,62)(H2,48,53,58)(H2,49,50,51)/t32-,33?,34?,35+,36+,37+,39+,40+,41+/m0/s1. The minimum atomic E-state index is -5.02. The Morgan fingerprint density at radius 2 is 1.38 bits per heavy atom. The number of nitrogens with two attached hydrogens (primary N) is 2. The molecule has 3 aliphatic rings. The molecule has 72 heavy (non-hydrogen) atoms. The van der Waals surface area contributed by atoms with Crippen molar-refractivity contribution in [3.8, 4) is 0 Å². The molecule has 0 amide bonds. The third-order valence-electron chi connectivity index (χ3n) is 13.4. The Morgan fingerprint density at radius 3 is 2.11 bits per heavy atom. The molecule has 0 radical (unpaired) electrons. The fourth-order valence-corrected chi connectivity index (χ4v) is 12.0. The highest BCUT2D eigenvalue weighted by atomic mass is 31.2. The van der Waals surface area contributed by atoms with Crippen LogP contribution in [0, 0.1) is 0 Å². The number of aryl methyl sites for hydroxylation is 1. The Morgan fingerprint density at radius 1 is 0.722 bits per heavy atom. The monoisotopic (exact) mass is 1030 g/mol. The number of hydrogen-bond acceptors (Lipinski definition) is 19. The van der Waals surface area contributed by atoms with Crippen molar-refractivity contribution in [3.05, 3.63) is 108 Å². The first-order valence-corrected chi connectivity index (χ1v) is 26.2. The molecule has 378 valence electrons. The van der Waals surface area contributed by atoms with Crippen LogP contribution in [0.3, 0.4) is 0 Å². The van der Waals surface area contributed by atoms with Crippen molar-refractivity contribution in [2.75, 3.05) is 37.9 Å². The van der Waals surface area contributed by atoms with Crippen LogP contribution in [0.15, 0.2) is 96.4 Å². The third kappa shape index (κ3) is 9.58. The molecule has 25 heteroatoms. The number of aliphatic hydroxyl groups excluding tert-OH is 2. The first kappa shape index (κ1) is 48.7. The maximum atomic E-state index is 13.5. The van der Waals surface area contributed by atoms with Crippen molar-refractivity contribution < 1.29 is 66.2 Å². The predicted molar refractivity (Wildman–Crippen MR) is 259 cm³/mol. The van der Waals surface area contributed by atoms with Crippen LogP contribution < -0.4 is 17.2 Å². The molecule has 6 heterocycles. The molecular formula is C47H50N8O15P2. The van der Waals surface area contributed by atoms with Crippen LogP contribution in [0.5, 0.6) is 0 Å². The zero-order valence-electron chi connectivity index (χ0n) is 38.2. The van der Waals surface area contributed by atoms with E-state index in [2.05, 4.69) is 86.7 Å². The number of hydrogen-bond donors (Lipinski definition) is 6. The number of phosphoric acid groups is 2. The Hall–Kier alpha value is -5.59. The second-order valence-electron chi connectivity index (χ2n) is 17.9. The zero-order chi connectivity index (χ0) is 49.9. The second kappa shape index (κ2) is 19.7. The van der Waals surface area contributed by atoms with E-state index in [9.17, 15) is 33.9 Å². The molecule has 3 aliphatic heterocycles. The van der Waals surface area contributed by atoms with Gasteiger partial charge in [0.05, 0.1) is 38.9 Å². The van der Waals surface area contributed by atoms with Crippen molar-refractivity contribution in [1.82, 2.24) is 29.1 Å². The van der Waals surface area contributed by atoms with Gasteiger partial charge < -0.3 is 50.4 Å². The van der Waals surface area contributed by atoms with Crippen LogP contribution in [-0.2, 0) is 52.6 Å². The van der Waals surface area contributed by atoms with Gasteiger partial charge >= 0.3 is 21.3 Å². The molecule has 8 N–H and O–H groups in total. The first-order valence-electron chi connectivity index (χ1n) is 23.3. The van der Waals surface area contributed by atoms with Gasteiger partial charge in [-0.3, -0.25) is 27.2 Å². The van der Waals surface area contributed by atoms with Crippen LogP contribution in [0.1, 0.15) is 43.7 Å². The van der Waals surface area contributed by atoms with Gasteiger partial charge in [-0.25, -0.2) is 28.9 Å². The molecule has 11 atom stereocenters. The molecule has 0 saturated carbocycles. The highest BCUT2D eigenvalue weighted by molar-refractivity contribution is 7.47. The summed E-state index contributed by atoms with van der Waals surface area (Å²) in [5, 5.41) is 30.6. The number of imidazole rings is 1. The summed E-state index contributed by atoms with van der Waals surface area (Å²) >= 11 is 0. The van der Waals surface area contributed by atoms with Gasteiger partial charge in [-0.2, -0.15) is 4.98 Å². The number of nitrogens with zero attached hydrogens (tertiary/aromatic N) is 6. The van der Waals surface area contributed by atoms with E-state index in [1.165, 1.54) is 78.1 Å². The van der Waals surface area contributed by atoms with Gasteiger partial charge in [-0.15, -0.1) is 0 Å². The van der Waals surface area contributed by atoms with Crippen LogP contribution in [-0.4, -0.2) is 118 Å². The zero-order valence-corrected chi connectivity index (χ0v) is 40.0. The summed E-state index contributed by atoms with van der Waals surface area (Å²) in [5.74, 6) is 0.0831. The lowest BCUT2D eigenvalue weighted by atomic mass is 9.88. The second-order valence-corrected chi connectivity index (χ2v) is 20.8. The highest BCUT2D eigenvalue weighted by Gasteiger charge is 2.46. The Bertz CT molecular complexity index is 3410. The van der Waals surface area contributed by atoms with Crippen LogP contribution in [0.4, 0.5) is 11.6 Å². The minimum absolute atomic E-state index is 0.0149. The fourth-order valence-electron chi connectivity index (χ4n) is 10.1. The van der Waals surface area contributed by atoms with E-state index in [0.29, 0.717) is 24.0 Å². The van der Waals surface area contributed by atoms with Gasteiger partial charge in [0.2, 0.25) is 0 Å². The van der Waals surface area contributed by atoms with Gasteiger partial charge in [0.25, 0.3) is 0 Å². The van der Waals surface area contributed by atoms with Crippen LogP contribution >= 0.6 is 15.6 Å². The van der Waals surface area contributed by atoms with Crippen LogP contribution in [0.25, 0.3) is 54.3 Å². The SMILES string of the molecule is Nc1ccn([C@H]2CC(OP(=O)(O)OC[C@H]3O[C@@H](n4cnc5c(N)ncnc54)C[C@@H]3O)[C@@H](COP(=O)(O)OC3C[C@H](OCCCc4ccc5c6cccc7cccc(c8cccc4c85)c76)O[C@@H]3CO)O2)c(=O)n1. The van der Waals surface area contributed by atoms with Gasteiger partial charge in [0.15, 0.2) is 17.8 Å². The van der Waals surface area contributed by atoms with E-state index in [4.69, 9.17) is 48.5 Å². The lowest BCUT2D eigenvalue weighted by Gasteiger charge is -2.24. The van der Waals surface area contributed by atoms with E-state index < -0.39 is 96.5 Å². The smallest absolute Gasteiger partial charge is 0.394 e. The highest BCUT2D eigenvalue weighted by Crippen LogP contribution is 2.52. The molecule has 5 aromatic carbocycles. The van der Waals surface area contributed by atoms with E-state index in [1.807, 2.05) is 0 Å². The summed E-state index contributed by atoms with van der Waals surface area (Å²) in [6.07, 6.45) is -4.92. The number of aromatic nitrogens is 6. The maximum absolute atomic E-state index is 13.5. The van der Waals surface area contributed by atoms with Gasteiger partial charge in [-0.1, -0.05) is 66.7 Å². The third-order valence-corrected chi connectivity index (χ3v) is 15.5. The van der Waals surface area contributed by atoms with Crippen molar-refractivity contribution in [1.29, 1.82) is 0 Å². The number of ether oxygens (including phenoxy) is 4. The molecular weight excluding hydrogens is 979 g/mol. The quantitative estimate of drug-likeness (QED) is 0.0285. The Balaban J connectivity index is 0.705. The van der Waals surface area contributed by atoms with Crippen LogP contribution in [0.2, 0.25) is 0 Å². The number of aliphatic hydroxyl groups is 2. The Kier molecular flexibility index (Phi) is 13.3. The summed E-state index contributed by atoms with van der Waals surface area (Å²) in [6.45, 7) is -1.63. The number of phosphoric ester groups is 2. The summed E-state index contributed by atoms with van der Waals surface area (Å²) in [6, 6.07) is 24.9. The average molecular weight is 1030 g/mol. The number of benzene rings is 5. The van der Waals surface area contributed by atoms with E-state index in [-0.39, 0.29) is 37.5 Å². The van der Waals surface area contributed by atoms with E-state index in [1.54, 1.807) is 0 Å². The number of rotatable bonds is 18. The molecule has 23 nitrogen and oxygen atoms in total. The molecule has 3 fully saturated rings.